The summed E-state index contributed by atoms with van der Waals surface area (Å²) >= 11 is 0. The molecule has 2 heterocycles. The summed E-state index contributed by atoms with van der Waals surface area (Å²) in [6, 6.07) is 6.55. The van der Waals surface area contributed by atoms with Gasteiger partial charge in [0.05, 0.1) is 13.0 Å². The number of carbonyl (C=O) groups excluding carboxylic acids is 1. The first-order valence-corrected chi connectivity index (χ1v) is 7.51. The van der Waals surface area contributed by atoms with Crippen molar-refractivity contribution in [1.29, 1.82) is 0 Å². The molecule has 0 spiro atoms. The molecule has 21 heavy (non-hydrogen) atoms. The highest BCUT2D eigenvalue weighted by Crippen LogP contribution is 2.24. The van der Waals surface area contributed by atoms with Crippen molar-refractivity contribution in [3.05, 3.63) is 35.5 Å². The largest absolute Gasteiger partial charge is 0.465 e. The van der Waals surface area contributed by atoms with Crippen molar-refractivity contribution in [3.8, 4) is 0 Å². The molecule has 1 unspecified atom stereocenters. The Kier molecular flexibility index (Phi) is 3.97. The van der Waals surface area contributed by atoms with Crippen LogP contribution in [0, 0.1) is 5.92 Å². The second-order valence-electron chi connectivity index (χ2n) is 6.20. The van der Waals surface area contributed by atoms with E-state index in [-0.39, 0.29) is 5.97 Å². The van der Waals surface area contributed by atoms with E-state index in [9.17, 15) is 4.79 Å². The Morgan fingerprint density at radius 2 is 2.24 bits per heavy atom. The number of nitrogens with one attached hydrogen (secondary N) is 1. The van der Waals surface area contributed by atoms with Gasteiger partial charge >= 0.3 is 5.97 Å². The molecule has 1 saturated heterocycles. The molecule has 4 heteroatoms. The summed E-state index contributed by atoms with van der Waals surface area (Å²) in [5.41, 5.74) is 3.84. The molecular weight excluding hydrogens is 264 g/mol. The molecule has 0 saturated carbocycles. The molecule has 1 aromatic carbocycles. The fourth-order valence-electron chi connectivity index (χ4n) is 2.93. The number of H-pyrrole nitrogens is 1. The third-order valence-corrected chi connectivity index (χ3v) is 4.12. The number of nitrogens with zero attached hydrogens (tertiary/aromatic N) is 1. The number of cyclic esters (lactones) is 1. The molecule has 0 amide bonds. The molecular formula is C17H22N2O2. The highest BCUT2D eigenvalue weighted by atomic mass is 16.5. The van der Waals surface area contributed by atoms with Crippen LogP contribution in [0.3, 0.4) is 0 Å². The second-order valence-corrected chi connectivity index (χ2v) is 6.20. The van der Waals surface area contributed by atoms with Crippen LogP contribution in [-0.4, -0.2) is 43.1 Å². The Balaban J connectivity index is 1.77. The van der Waals surface area contributed by atoms with Gasteiger partial charge in [0.25, 0.3) is 0 Å². The van der Waals surface area contributed by atoms with Crippen LogP contribution < -0.4 is 0 Å². The van der Waals surface area contributed by atoms with Crippen LogP contribution in [0.15, 0.2) is 24.4 Å². The van der Waals surface area contributed by atoms with E-state index < -0.39 is 0 Å². The lowest BCUT2D eigenvalue weighted by Crippen LogP contribution is -2.14. The minimum Gasteiger partial charge on any atom is -0.465 e. The Morgan fingerprint density at radius 1 is 1.38 bits per heavy atom. The van der Waals surface area contributed by atoms with Crippen LogP contribution in [0.25, 0.3) is 10.9 Å². The zero-order valence-electron chi connectivity index (χ0n) is 12.7. The van der Waals surface area contributed by atoms with Gasteiger partial charge in [0, 0.05) is 29.6 Å². The normalized spacial score (nSPS) is 18.6. The maximum absolute atomic E-state index is 11.2. The minimum absolute atomic E-state index is 0.0607. The number of rotatable bonds is 5. The predicted octanol–water partition coefficient (Wildman–Crippen LogP) is 2.38. The van der Waals surface area contributed by atoms with E-state index in [1.165, 1.54) is 22.0 Å². The van der Waals surface area contributed by atoms with Crippen molar-refractivity contribution in [1.82, 2.24) is 9.88 Å². The molecule has 112 valence electrons. The number of ether oxygens (including phenoxy) is 1. The zero-order chi connectivity index (χ0) is 14.8. The summed E-state index contributed by atoms with van der Waals surface area (Å²) in [6.07, 6.45) is 4.63. The Hall–Kier alpha value is -1.81. The number of hydrogen-bond acceptors (Lipinski definition) is 3. The summed E-state index contributed by atoms with van der Waals surface area (Å²) in [6.45, 7) is 1.61. The number of fused-ring (bicyclic) bond motifs is 1. The molecule has 0 radical (unpaired) electrons. The zero-order valence-corrected chi connectivity index (χ0v) is 12.7. The maximum atomic E-state index is 11.2. The van der Waals surface area contributed by atoms with Crippen molar-refractivity contribution in [2.24, 2.45) is 5.92 Å². The average molecular weight is 286 g/mol. The minimum atomic E-state index is -0.0607. The molecule has 0 bridgehead atoms. The quantitative estimate of drug-likeness (QED) is 0.858. The Labute approximate surface area is 125 Å². The molecule has 1 aromatic heterocycles. The summed E-state index contributed by atoms with van der Waals surface area (Å²) < 4.78 is 5.05. The fourth-order valence-corrected chi connectivity index (χ4v) is 2.93. The lowest BCUT2D eigenvalue weighted by molar-refractivity contribution is -0.137. The van der Waals surface area contributed by atoms with Crippen molar-refractivity contribution in [2.75, 3.05) is 27.2 Å². The molecule has 1 aliphatic rings. The molecule has 1 fully saturated rings. The van der Waals surface area contributed by atoms with Crippen LogP contribution in [0.5, 0.6) is 0 Å². The molecule has 1 N–H and O–H groups in total. The van der Waals surface area contributed by atoms with E-state index in [1.807, 2.05) is 0 Å². The number of aromatic nitrogens is 1. The van der Waals surface area contributed by atoms with Gasteiger partial charge in [-0.15, -0.1) is 0 Å². The van der Waals surface area contributed by atoms with Gasteiger partial charge in [-0.2, -0.15) is 0 Å². The summed E-state index contributed by atoms with van der Waals surface area (Å²) in [7, 11) is 4.19. The van der Waals surface area contributed by atoms with Gasteiger partial charge in [0.1, 0.15) is 0 Å². The molecule has 1 atom stereocenters. The van der Waals surface area contributed by atoms with E-state index >= 15 is 0 Å². The van der Waals surface area contributed by atoms with E-state index in [2.05, 4.69) is 48.4 Å². The number of esters is 1. The van der Waals surface area contributed by atoms with Gasteiger partial charge < -0.3 is 14.6 Å². The first-order valence-electron chi connectivity index (χ1n) is 7.51. The predicted molar refractivity (Wildman–Crippen MR) is 83.3 cm³/mol. The number of hydrogen-bond donors (Lipinski definition) is 1. The Bertz CT molecular complexity index is 645. The smallest absolute Gasteiger partial charge is 0.306 e. The topological polar surface area (TPSA) is 45.3 Å². The summed E-state index contributed by atoms with van der Waals surface area (Å²) in [5.74, 6) is 0.272. The van der Waals surface area contributed by atoms with Crippen molar-refractivity contribution < 1.29 is 9.53 Å². The lowest BCUT2D eigenvalue weighted by atomic mass is 9.97. The van der Waals surface area contributed by atoms with E-state index in [0.29, 0.717) is 18.9 Å². The van der Waals surface area contributed by atoms with Gasteiger partial charge in [-0.3, -0.25) is 4.79 Å². The summed E-state index contributed by atoms with van der Waals surface area (Å²) in [5, 5.41) is 1.31. The van der Waals surface area contributed by atoms with Crippen LogP contribution in [0.1, 0.15) is 17.5 Å². The first kappa shape index (κ1) is 14.1. The van der Waals surface area contributed by atoms with Gasteiger partial charge in [0.2, 0.25) is 0 Å². The monoisotopic (exact) mass is 286 g/mol. The molecule has 3 rings (SSSR count). The van der Waals surface area contributed by atoms with Gasteiger partial charge in [0.15, 0.2) is 0 Å². The molecule has 2 aromatic rings. The molecule has 4 nitrogen and oxygen atoms in total. The average Bonchev–Trinajstić information content (AvgIpc) is 3.03. The van der Waals surface area contributed by atoms with E-state index in [0.717, 1.165) is 19.4 Å². The highest BCUT2D eigenvalue weighted by molar-refractivity contribution is 5.84. The van der Waals surface area contributed by atoms with Crippen LogP contribution >= 0.6 is 0 Å². The number of likely N-dealkylation sites (N-methyl/N-ethyl adjacent to an activating group) is 1. The van der Waals surface area contributed by atoms with Crippen molar-refractivity contribution in [3.63, 3.8) is 0 Å². The van der Waals surface area contributed by atoms with Gasteiger partial charge in [-0.05, 0) is 50.2 Å². The highest BCUT2D eigenvalue weighted by Gasteiger charge is 2.23. The third kappa shape index (κ3) is 3.27. The van der Waals surface area contributed by atoms with Gasteiger partial charge in [-0.1, -0.05) is 6.07 Å². The first-order chi connectivity index (χ1) is 10.1. The van der Waals surface area contributed by atoms with Crippen LogP contribution in [0.2, 0.25) is 0 Å². The summed E-state index contributed by atoms with van der Waals surface area (Å²) in [4.78, 5) is 16.7. The fraction of sp³-hybridized carbons (Fsp3) is 0.471. The number of carbonyl (C=O) groups is 1. The van der Waals surface area contributed by atoms with Crippen molar-refractivity contribution >= 4 is 16.9 Å². The van der Waals surface area contributed by atoms with E-state index in [1.54, 1.807) is 0 Å². The van der Waals surface area contributed by atoms with Crippen LogP contribution in [0.4, 0.5) is 0 Å². The second kappa shape index (κ2) is 5.90. The lowest BCUT2D eigenvalue weighted by Gasteiger charge is -2.09. The maximum Gasteiger partial charge on any atom is 0.306 e. The Morgan fingerprint density at radius 3 is 2.95 bits per heavy atom. The molecule has 1 aliphatic heterocycles. The van der Waals surface area contributed by atoms with Crippen LogP contribution in [-0.2, 0) is 22.4 Å². The standard InChI is InChI=1S/C17H22N2O2/c1-19(2)6-5-14-10-18-16-4-3-12(8-15(14)16)7-13-9-17(20)21-11-13/h3-4,8,10,13,18H,5-7,9,11H2,1-2H3. The number of benzene rings is 1. The van der Waals surface area contributed by atoms with Crippen molar-refractivity contribution in [2.45, 2.75) is 19.3 Å². The third-order valence-electron chi connectivity index (χ3n) is 4.12. The number of aromatic amines is 1. The molecule has 0 aliphatic carbocycles. The SMILES string of the molecule is CN(C)CCc1c[nH]c2ccc(CC3COC(=O)C3)cc12. The van der Waals surface area contributed by atoms with E-state index in [4.69, 9.17) is 4.74 Å². The van der Waals surface area contributed by atoms with Gasteiger partial charge in [-0.25, -0.2) is 0 Å².